The predicted octanol–water partition coefficient (Wildman–Crippen LogP) is 2.58. The van der Waals surface area contributed by atoms with Crippen LogP contribution in [-0.2, 0) is 0 Å². The summed E-state index contributed by atoms with van der Waals surface area (Å²) in [4.78, 5) is 0. The van der Waals surface area contributed by atoms with Crippen molar-refractivity contribution in [1.29, 1.82) is 0 Å². The lowest BCUT2D eigenvalue weighted by Gasteiger charge is -2.05. The molecule has 76 valence electrons. The Morgan fingerprint density at radius 3 is 2.23 bits per heavy atom. The van der Waals surface area contributed by atoms with Gasteiger partial charge in [0.15, 0.2) is 0 Å². The van der Waals surface area contributed by atoms with Crippen LogP contribution in [0.4, 0.5) is 8.78 Å². The molecular formula is C8H12ClF2NO. The maximum atomic E-state index is 12.1. The first kappa shape index (κ1) is 12.4. The van der Waals surface area contributed by atoms with Gasteiger partial charge < -0.3 is 10.2 Å². The second-order valence-electron chi connectivity index (χ2n) is 2.75. The third-order valence-electron chi connectivity index (χ3n) is 1.79. The lowest BCUT2D eigenvalue weighted by atomic mass is 10.2. The number of halogens is 3. The van der Waals surface area contributed by atoms with Crippen molar-refractivity contribution in [1.82, 2.24) is 0 Å². The molecule has 0 fully saturated rings. The van der Waals surface area contributed by atoms with Gasteiger partial charge in [0.1, 0.15) is 17.6 Å². The van der Waals surface area contributed by atoms with Crippen LogP contribution in [0, 0.1) is 13.8 Å². The molecule has 0 saturated carbocycles. The summed E-state index contributed by atoms with van der Waals surface area (Å²) in [6.07, 6.45) is -2.57. The summed E-state index contributed by atoms with van der Waals surface area (Å²) in [7, 11) is 0. The van der Waals surface area contributed by atoms with E-state index in [-0.39, 0.29) is 18.2 Å². The Balaban J connectivity index is 0.00000144. The number of alkyl halides is 2. The molecule has 1 heterocycles. The Morgan fingerprint density at radius 1 is 1.38 bits per heavy atom. The highest BCUT2D eigenvalue weighted by Crippen LogP contribution is 2.22. The molecule has 0 aromatic carbocycles. The molecule has 0 aliphatic carbocycles. The largest absolute Gasteiger partial charge is 0.464 e. The minimum Gasteiger partial charge on any atom is -0.464 e. The van der Waals surface area contributed by atoms with Gasteiger partial charge in [0.25, 0.3) is 6.43 Å². The lowest BCUT2D eigenvalue weighted by molar-refractivity contribution is 0.106. The Hall–Kier alpha value is -0.610. The standard InChI is InChI=1S/C8H11F2NO.ClH/c1-4-3-6(12-5(4)2)7(11)8(9)10;/h3,7-8H,11H2,1-2H3;1H/t7-;/m1./s1. The number of nitrogens with two attached hydrogens (primary N) is 1. The van der Waals surface area contributed by atoms with E-state index in [4.69, 9.17) is 10.2 Å². The third kappa shape index (κ3) is 2.67. The number of hydrogen-bond donors (Lipinski definition) is 1. The Kier molecular flexibility index (Phi) is 4.36. The molecule has 0 aliphatic rings. The Labute approximate surface area is 81.5 Å². The quantitative estimate of drug-likeness (QED) is 0.817. The van der Waals surface area contributed by atoms with E-state index < -0.39 is 12.5 Å². The predicted molar refractivity (Wildman–Crippen MR) is 48.4 cm³/mol. The first-order valence-corrected chi connectivity index (χ1v) is 3.63. The van der Waals surface area contributed by atoms with Crippen molar-refractivity contribution in [2.45, 2.75) is 26.3 Å². The van der Waals surface area contributed by atoms with Gasteiger partial charge in [0.05, 0.1) is 0 Å². The maximum absolute atomic E-state index is 12.1. The minimum absolute atomic E-state index is 0. The normalized spacial score (nSPS) is 12.8. The fourth-order valence-electron chi connectivity index (χ4n) is 0.890. The van der Waals surface area contributed by atoms with Gasteiger partial charge in [0.2, 0.25) is 0 Å². The number of hydrogen-bond acceptors (Lipinski definition) is 2. The smallest absolute Gasteiger partial charge is 0.260 e. The third-order valence-corrected chi connectivity index (χ3v) is 1.79. The number of aryl methyl sites for hydroxylation is 2. The monoisotopic (exact) mass is 211 g/mol. The van der Waals surface area contributed by atoms with Gasteiger partial charge in [-0.3, -0.25) is 0 Å². The van der Waals surface area contributed by atoms with E-state index in [0.29, 0.717) is 5.76 Å². The molecule has 0 radical (unpaired) electrons. The molecule has 0 bridgehead atoms. The first-order valence-electron chi connectivity index (χ1n) is 3.63. The highest BCUT2D eigenvalue weighted by Gasteiger charge is 2.21. The molecule has 0 spiro atoms. The van der Waals surface area contributed by atoms with E-state index in [1.807, 2.05) is 0 Å². The molecule has 0 amide bonds. The summed E-state index contributed by atoms with van der Waals surface area (Å²) >= 11 is 0. The van der Waals surface area contributed by atoms with Crippen LogP contribution < -0.4 is 5.73 Å². The van der Waals surface area contributed by atoms with Crippen LogP contribution >= 0.6 is 12.4 Å². The number of rotatable bonds is 2. The average molecular weight is 212 g/mol. The fraction of sp³-hybridized carbons (Fsp3) is 0.500. The van der Waals surface area contributed by atoms with E-state index >= 15 is 0 Å². The summed E-state index contributed by atoms with van der Waals surface area (Å²) in [6.45, 7) is 3.51. The van der Waals surface area contributed by atoms with Crippen molar-refractivity contribution >= 4 is 12.4 Å². The van der Waals surface area contributed by atoms with E-state index in [1.54, 1.807) is 19.9 Å². The zero-order chi connectivity index (χ0) is 9.30. The van der Waals surface area contributed by atoms with E-state index in [9.17, 15) is 8.78 Å². The maximum Gasteiger partial charge on any atom is 0.260 e. The molecule has 5 heteroatoms. The van der Waals surface area contributed by atoms with Crippen molar-refractivity contribution in [3.05, 3.63) is 23.2 Å². The van der Waals surface area contributed by atoms with Crippen LogP contribution in [0.3, 0.4) is 0 Å². The van der Waals surface area contributed by atoms with Crippen molar-refractivity contribution < 1.29 is 13.2 Å². The zero-order valence-electron chi connectivity index (χ0n) is 7.38. The fourth-order valence-corrected chi connectivity index (χ4v) is 0.890. The molecule has 2 nitrogen and oxygen atoms in total. The van der Waals surface area contributed by atoms with E-state index in [2.05, 4.69) is 0 Å². The van der Waals surface area contributed by atoms with Crippen LogP contribution in [0.5, 0.6) is 0 Å². The SMILES string of the molecule is Cc1cc([C@@H](N)C(F)F)oc1C.Cl. The van der Waals surface area contributed by atoms with Crippen molar-refractivity contribution in [3.63, 3.8) is 0 Å². The highest BCUT2D eigenvalue weighted by molar-refractivity contribution is 5.85. The second-order valence-corrected chi connectivity index (χ2v) is 2.75. The van der Waals surface area contributed by atoms with Gasteiger partial charge in [-0.25, -0.2) is 8.78 Å². The van der Waals surface area contributed by atoms with Crippen LogP contribution in [0.15, 0.2) is 10.5 Å². The molecule has 1 rings (SSSR count). The van der Waals surface area contributed by atoms with Crippen LogP contribution in [0.25, 0.3) is 0 Å². The minimum atomic E-state index is -2.57. The Bertz CT molecular complexity index is 256. The molecule has 2 N–H and O–H groups in total. The topological polar surface area (TPSA) is 39.2 Å². The van der Waals surface area contributed by atoms with Gasteiger partial charge in [-0.1, -0.05) is 0 Å². The molecule has 0 unspecified atom stereocenters. The summed E-state index contributed by atoms with van der Waals surface area (Å²) in [5.41, 5.74) is 6.02. The van der Waals surface area contributed by atoms with E-state index in [0.717, 1.165) is 5.56 Å². The zero-order valence-corrected chi connectivity index (χ0v) is 8.20. The molecule has 1 aromatic heterocycles. The average Bonchev–Trinajstić information content (AvgIpc) is 2.30. The van der Waals surface area contributed by atoms with Gasteiger partial charge in [-0.15, -0.1) is 12.4 Å². The molecule has 1 aromatic rings. The summed E-state index contributed by atoms with van der Waals surface area (Å²) in [5.74, 6) is 0.793. The van der Waals surface area contributed by atoms with Crippen LogP contribution in [0.1, 0.15) is 23.1 Å². The van der Waals surface area contributed by atoms with Crippen molar-refractivity contribution in [2.24, 2.45) is 5.73 Å². The molecular weight excluding hydrogens is 200 g/mol. The lowest BCUT2D eigenvalue weighted by Crippen LogP contribution is -2.17. The van der Waals surface area contributed by atoms with Crippen LogP contribution in [0.2, 0.25) is 0 Å². The first-order chi connectivity index (χ1) is 5.52. The molecule has 0 saturated heterocycles. The van der Waals surface area contributed by atoms with Gasteiger partial charge in [-0.2, -0.15) is 0 Å². The summed E-state index contributed by atoms with van der Waals surface area (Å²) < 4.78 is 29.2. The summed E-state index contributed by atoms with van der Waals surface area (Å²) in [6, 6.07) is 0.240. The van der Waals surface area contributed by atoms with Gasteiger partial charge in [0, 0.05) is 0 Å². The van der Waals surface area contributed by atoms with Gasteiger partial charge in [-0.05, 0) is 25.5 Å². The van der Waals surface area contributed by atoms with Crippen LogP contribution in [-0.4, -0.2) is 6.43 Å². The molecule has 1 atom stereocenters. The van der Waals surface area contributed by atoms with E-state index in [1.165, 1.54) is 0 Å². The molecule has 13 heavy (non-hydrogen) atoms. The van der Waals surface area contributed by atoms with Crippen molar-refractivity contribution in [2.75, 3.05) is 0 Å². The second kappa shape index (κ2) is 4.58. The molecule has 0 aliphatic heterocycles. The Morgan fingerprint density at radius 2 is 1.92 bits per heavy atom. The van der Waals surface area contributed by atoms with Crippen molar-refractivity contribution in [3.8, 4) is 0 Å². The summed E-state index contributed by atoms with van der Waals surface area (Å²) in [5, 5.41) is 0. The van der Waals surface area contributed by atoms with Gasteiger partial charge >= 0.3 is 0 Å². The number of furan rings is 1. The highest BCUT2D eigenvalue weighted by atomic mass is 35.5.